The summed E-state index contributed by atoms with van der Waals surface area (Å²) in [6.45, 7) is 6.68. The second-order valence-electron chi connectivity index (χ2n) is 7.47. The van der Waals surface area contributed by atoms with Crippen LogP contribution in [-0.2, 0) is 4.74 Å². The Morgan fingerprint density at radius 2 is 1.96 bits per heavy atom. The molecule has 2 fully saturated rings. The summed E-state index contributed by atoms with van der Waals surface area (Å²) in [5.41, 5.74) is 1.15. The van der Waals surface area contributed by atoms with Gasteiger partial charge in [-0.3, -0.25) is 0 Å². The SMILES string of the molecule is CC1CCN(c2cccc(O)c2)C(CCOC2CCCC2)C1C. The number of benzene rings is 1. The molecule has 3 rings (SSSR count). The van der Waals surface area contributed by atoms with E-state index in [-0.39, 0.29) is 0 Å². The molecule has 3 unspecified atom stereocenters. The molecule has 1 saturated carbocycles. The maximum atomic E-state index is 9.82. The van der Waals surface area contributed by atoms with Crippen LogP contribution in [0.25, 0.3) is 0 Å². The summed E-state index contributed by atoms with van der Waals surface area (Å²) in [5.74, 6) is 1.76. The summed E-state index contributed by atoms with van der Waals surface area (Å²) >= 11 is 0. The predicted molar refractivity (Wildman–Crippen MR) is 95.0 cm³/mol. The highest BCUT2D eigenvalue weighted by Gasteiger charge is 2.33. The number of rotatable bonds is 5. The first-order chi connectivity index (χ1) is 11.1. The van der Waals surface area contributed by atoms with Gasteiger partial charge in [0.1, 0.15) is 5.75 Å². The van der Waals surface area contributed by atoms with E-state index >= 15 is 0 Å². The summed E-state index contributed by atoms with van der Waals surface area (Å²) in [5, 5.41) is 9.82. The van der Waals surface area contributed by atoms with Crippen LogP contribution in [0.3, 0.4) is 0 Å². The van der Waals surface area contributed by atoms with Crippen LogP contribution in [0.2, 0.25) is 0 Å². The van der Waals surface area contributed by atoms with E-state index in [1.54, 1.807) is 6.07 Å². The fraction of sp³-hybridized carbons (Fsp3) is 0.700. The number of ether oxygens (including phenoxy) is 1. The molecule has 1 saturated heterocycles. The van der Waals surface area contributed by atoms with E-state index in [0.717, 1.165) is 31.2 Å². The molecule has 1 aromatic rings. The molecule has 1 aliphatic carbocycles. The van der Waals surface area contributed by atoms with Gasteiger partial charge in [0.15, 0.2) is 0 Å². The van der Waals surface area contributed by atoms with Crippen LogP contribution in [0.4, 0.5) is 5.69 Å². The summed E-state index contributed by atoms with van der Waals surface area (Å²) in [4.78, 5) is 2.49. The van der Waals surface area contributed by atoms with Crippen molar-refractivity contribution in [2.45, 2.75) is 64.5 Å². The highest BCUT2D eigenvalue weighted by Crippen LogP contribution is 2.35. The number of aromatic hydroxyl groups is 1. The Bertz CT molecular complexity index is 498. The molecule has 2 aliphatic rings. The quantitative estimate of drug-likeness (QED) is 0.862. The van der Waals surface area contributed by atoms with Gasteiger partial charge >= 0.3 is 0 Å². The smallest absolute Gasteiger partial charge is 0.117 e. The number of anilines is 1. The highest BCUT2D eigenvalue weighted by atomic mass is 16.5. The number of phenolic OH excluding ortho intramolecular Hbond substituents is 1. The first kappa shape index (κ1) is 16.6. The van der Waals surface area contributed by atoms with Crippen LogP contribution in [0.15, 0.2) is 24.3 Å². The third-order valence-corrected chi connectivity index (χ3v) is 5.96. The first-order valence-corrected chi connectivity index (χ1v) is 9.32. The number of piperidine rings is 1. The molecule has 23 heavy (non-hydrogen) atoms. The molecule has 3 heteroatoms. The summed E-state index contributed by atoms with van der Waals surface area (Å²) in [6.07, 6.45) is 7.95. The van der Waals surface area contributed by atoms with Crippen molar-refractivity contribution < 1.29 is 9.84 Å². The van der Waals surface area contributed by atoms with Crippen molar-refractivity contribution in [1.82, 2.24) is 0 Å². The van der Waals surface area contributed by atoms with Crippen LogP contribution < -0.4 is 4.90 Å². The van der Waals surface area contributed by atoms with Gasteiger partial charge in [0.25, 0.3) is 0 Å². The molecule has 0 radical (unpaired) electrons. The van der Waals surface area contributed by atoms with Crippen molar-refractivity contribution >= 4 is 5.69 Å². The molecule has 1 aromatic carbocycles. The highest BCUT2D eigenvalue weighted by molar-refractivity contribution is 5.51. The summed E-state index contributed by atoms with van der Waals surface area (Å²) < 4.78 is 6.12. The second kappa shape index (κ2) is 7.57. The lowest BCUT2D eigenvalue weighted by molar-refractivity contribution is 0.0471. The van der Waals surface area contributed by atoms with Crippen molar-refractivity contribution in [3.8, 4) is 5.75 Å². The second-order valence-corrected chi connectivity index (χ2v) is 7.47. The largest absolute Gasteiger partial charge is 0.508 e. The Balaban J connectivity index is 1.66. The first-order valence-electron chi connectivity index (χ1n) is 9.32. The van der Waals surface area contributed by atoms with Gasteiger partial charge in [-0.25, -0.2) is 0 Å². The number of hydrogen-bond acceptors (Lipinski definition) is 3. The topological polar surface area (TPSA) is 32.7 Å². The molecule has 3 atom stereocenters. The molecule has 1 N–H and O–H groups in total. The zero-order chi connectivity index (χ0) is 16.2. The minimum absolute atomic E-state index is 0.356. The monoisotopic (exact) mass is 317 g/mol. The Morgan fingerprint density at radius 3 is 2.70 bits per heavy atom. The standard InChI is InChI=1S/C20H31NO2/c1-15-10-12-21(17-6-5-7-18(22)14-17)20(16(15)2)11-13-23-19-8-3-4-9-19/h5-7,14-16,19-20,22H,3-4,8-13H2,1-2H3. The van der Waals surface area contributed by atoms with E-state index in [9.17, 15) is 5.11 Å². The Hall–Kier alpha value is -1.22. The zero-order valence-corrected chi connectivity index (χ0v) is 14.6. The van der Waals surface area contributed by atoms with Gasteiger partial charge in [-0.05, 0) is 49.7 Å². The number of phenols is 1. The van der Waals surface area contributed by atoms with Gasteiger partial charge < -0.3 is 14.7 Å². The van der Waals surface area contributed by atoms with E-state index in [4.69, 9.17) is 4.74 Å². The lowest BCUT2D eigenvalue weighted by Gasteiger charge is -2.45. The maximum absolute atomic E-state index is 9.82. The van der Waals surface area contributed by atoms with Crippen molar-refractivity contribution in [3.05, 3.63) is 24.3 Å². The number of nitrogens with zero attached hydrogens (tertiary/aromatic N) is 1. The van der Waals surface area contributed by atoms with Crippen molar-refractivity contribution in [1.29, 1.82) is 0 Å². The third kappa shape index (κ3) is 4.00. The van der Waals surface area contributed by atoms with Crippen LogP contribution in [-0.4, -0.2) is 30.4 Å². The molecule has 3 nitrogen and oxygen atoms in total. The molecule has 0 amide bonds. The zero-order valence-electron chi connectivity index (χ0n) is 14.6. The lowest BCUT2D eigenvalue weighted by Crippen LogP contribution is -2.48. The van der Waals surface area contributed by atoms with Crippen LogP contribution >= 0.6 is 0 Å². The molecule has 1 heterocycles. The summed E-state index contributed by atoms with van der Waals surface area (Å²) in [7, 11) is 0. The molecular weight excluding hydrogens is 286 g/mol. The van der Waals surface area contributed by atoms with Gasteiger partial charge in [0.2, 0.25) is 0 Å². The van der Waals surface area contributed by atoms with E-state index in [2.05, 4.69) is 24.8 Å². The van der Waals surface area contributed by atoms with E-state index < -0.39 is 0 Å². The van der Waals surface area contributed by atoms with Gasteiger partial charge in [-0.2, -0.15) is 0 Å². The van der Waals surface area contributed by atoms with Crippen molar-refractivity contribution in [2.75, 3.05) is 18.1 Å². The van der Waals surface area contributed by atoms with Gasteiger partial charge in [-0.1, -0.05) is 32.8 Å². The molecule has 0 aromatic heterocycles. The number of hydrogen-bond donors (Lipinski definition) is 1. The van der Waals surface area contributed by atoms with Crippen LogP contribution in [0, 0.1) is 11.8 Å². The van der Waals surface area contributed by atoms with Gasteiger partial charge in [0, 0.05) is 30.9 Å². The minimum Gasteiger partial charge on any atom is -0.508 e. The molecule has 128 valence electrons. The Kier molecular flexibility index (Phi) is 5.47. The predicted octanol–water partition coefficient (Wildman–Crippen LogP) is 4.59. The van der Waals surface area contributed by atoms with E-state index in [0.29, 0.717) is 23.8 Å². The fourth-order valence-electron chi connectivity index (χ4n) is 4.26. The maximum Gasteiger partial charge on any atom is 0.117 e. The molecular formula is C20H31NO2. The van der Waals surface area contributed by atoms with Crippen molar-refractivity contribution in [2.24, 2.45) is 11.8 Å². The van der Waals surface area contributed by atoms with Crippen LogP contribution in [0.1, 0.15) is 52.4 Å². The average Bonchev–Trinajstić information content (AvgIpc) is 3.05. The van der Waals surface area contributed by atoms with Crippen LogP contribution in [0.5, 0.6) is 5.75 Å². The molecule has 1 aliphatic heterocycles. The van der Waals surface area contributed by atoms with E-state index in [1.165, 1.54) is 32.1 Å². The lowest BCUT2D eigenvalue weighted by atomic mass is 9.80. The molecule has 0 bridgehead atoms. The normalized spacial score (nSPS) is 29.1. The van der Waals surface area contributed by atoms with E-state index in [1.807, 2.05) is 12.1 Å². The Labute approximate surface area is 140 Å². The Morgan fingerprint density at radius 1 is 1.17 bits per heavy atom. The summed E-state index contributed by atoms with van der Waals surface area (Å²) in [6, 6.07) is 8.21. The average molecular weight is 317 g/mol. The fourth-order valence-corrected chi connectivity index (χ4v) is 4.26. The minimum atomic E-state index is 0.356. The van der Waals surface area contributed by atoms with Gasteiger partial charge in [-0.15, -0.1) is 0 Å². The van der Waals surface area contributed by atoms with Crippen molar-refractivity contribution in [3.63, 3.8) is 0 Å². The third-order valence-electron chi connectivity index (χ3n) is 5.96. The molecule has 0 spiro atoms. The van der Waals surface area contributed by atoms with Gasteiger partial charge in [0.05, 0.1) is 6.10 Å².